The molecule has 0 amide bonds. The van der Waals surface area contributed by atoms with E-state index < -0.39 is 0 Å². The van der Waals surface area contributed by atoms with Crippen LogP contribution in [0.1, 0.15) is 19.8 Å². The standard InChI is InChI=1S/C4H8O.C3H6O.C2H4O/c1-2-4-5-3-1;1-3-2-4-3;1-2-3-1/h1-4H2;3H,2H2,1H3;1-2H2. The van der Waals surface area contributed by atoms with Gasteiger partial charge in [-0.25, -0.2) is 0 Å². The van der Waals surface area contributed by atoms with Crippen molar-refractivity contribution in [3.8, 4) is 0 Å². The minimum absolute atomic E-state index is 0.583. The molecule has 0 saturated carbocycles. The topological polar surface area (TPSA) is 34.3 Å². The van der Waals surface area contributed by atoms with Crippen molar-refractivity contribution in [2.75, 3.05) is 33.0 Å². The molecule has 0 spiro atoms. The summed E-state index contributed by atoms with van der Waals surface area (Å²) in [7, 11) is 0. The highest BCUT2D eigenvalue weighted by Gasteiger charge is 2.13. The Kier molecular flexibility index (Phi) is 5.32. The number of ether oxygens (including phenoxy) is 3. The van der Waals surface area contributed by atoms with E-state index in [-0.39, 0.29) is 0 Å². The number of hydrogen-bond acceptors (Lipinski definition) is 3. The molecule has 0 radical (unpaired) electrons. The summed E-state index contributed by atoms with van der Waals surface area (Å²) >= 11 is 0. The lowest BCUT2D eigenvalue weighted by Gasteiger charge is -1.76. The monoisotopic (exact) mass is 174 g/mol. The number of epoxide rings is 2. The van der Waals surface area contributed by atoms with Gasteiger partial charge in [0.15, 0.2) is 0 Å². The van der Waals surface area contributed by atoms with Crippen LogP contribution in [0.2, 0.25) is 0 Å². The summed E-state index contributed by atoms with van der Waals surface area (Å²) in [4.78, 5) is 0. The zero-order valence-corrected chi connectivity index (χ0v) is 7.75. The summed E-state index contributed by atoms with van der Waals surface area (Å²) in [5.74, 6) is 0. The van der Waals surface area contributed by atoms with Gasteiger partial charge in [-0.05, 0) is 19.8 Å². The zero-order chi connectivity index (χ0) is 8.65. The molecule has 3 nitrogen and oxygen atoms in total. The van der Waals surface area contributed by atoms with Crippen LogP contribution in [0.4, 0.5) is 0 Å². The predicted octanol–water partition coefficient (Wildman–Crippen LogP) is 1.22. The third-order valence-corrected chi connectivity index (χ3v) is 1.53. The lowest BCUT2D eigenvalue weighted by molar-refractivity contribution is 0.198. The van der Waals surface area contributed by atoms with Gasteiger partial charge in [-0.3, -0.25) is 0 Å². The van der Waals surface area contributed by atoms with Gasteiger partial charge in [0.05, 0.1) is 25.9 Å². The van der Waals surface area contributed by atoms with E-state index in [4.69, 9.17) is 9.47 Å². The van der Waals surface area contributed by atoms with Crippen LogP contribution in [0, 0.1) is 0 Å². The highest BCUT2D eigenvalue weighted by atomic mass is 16.6. The second-order valence-corrected chi connectivity index (χ2v) is 3.08. The average Bonchev–Trinajstić information content (AvgIpc) is 3.01. The van der Waals surface area contributed by atoms with Gasteiger partial charge in [-0.2, -0.15) is 0 Å². The van der Waals surface area contributed by atoms with E-state index in [1.54, 1.807) is 0 Å². The van der Waals surface area contributed by atoms with Crippen LogP contribution in [-0.4, -0.2) is 39.1 Å². The Morgan fingerprint density at radius 2 is 1.33 bits per heavy atom. The third-order valence-electron chi connectivity index (χ3n) is 1.53. The van der Waals surface area contributed by atoms with Crippen molar-refractivity contribution in [1.29, 1.82) is 0 Å². The van der Waals surface area contributed by atoms with Gasteiger partial charge in [0.1, 0.15) is 0 Å². The van der Waals surface area contributed by atoms with Gasteiger partial charge < -0.3 is 14.2 Å². The minimum atomic E-state index is 0.583. The molecule has 3 fully saturated rings. The minimum Gasteiger partial charge on any atom is -0.381 e. The Balaban J connectivity index is 0.0000000929. The van der Waals surface area contributed by atoms with Crippen LogP contribution in [0.5, 0.6) is 0 Å². The maximum Gasteiger partial charge on any atom is 0.0781 e. The molecule has 12 heavy (non-hydrogen) atoms. The van der Waals surface area contributed by atoms with Crippen LogP contribution < -0.4 is 0 Å². The summed E-state index contributed by atoms with van der Waals surface area (Å²) in [6.07, 6.45) is 3.14. The predicted molar refractivity (Wildman–Crippen MR) is 46.3 cm³/mol. The molecule has 0 aromatic heterocycles. The fourth-order valence-electron chi connectivity index (χ4n) is 0.607. The van der Waals surface area contributed by atoms with E-state index in [1.807, 2.05) is 0 Å². The van der Waals surface area contributed by atoms with Crippen LogP contribution in [-0.2, 0) is 14.2 Å². The molecule has 3 rings (SSSR count). The van der Waals surface area contributed by atoms with E-state index in [9.17, 15) is 0 Å². The molecule has 3 heteroatoms. The van der Waals surface area contributed by atoms with E-state index >= 15 is 0 Å². The van der Waals surface area contributed by atoms with Crippen molar-refractivity contribution in [3.05, 3.63) is 0 Å². The molecule has 0 aromatic rings. The first-order valence-corrected chi connectivity index (χ1v) is 4.66. The van der Waals surface area contributed by atoms with Gasteiger partial charge in [-0.1, -0.05) is 0 Å². The Hall–Kier alpha value is -0.120. The highest BCUT2D eigenvalue weighted by Crippen LogP contribution is 2.04. The molecule has 72 valence electrons. The van der Waals surface area contributed by atoms with Crippen LogP contribution in [0.15, 0.2) is 0 Å². The molecular weight excluding hydrogens is 156 g/mol. The fourth-order valence-corrected chi connectivity index (χ4v) is 0.607. The molecule has 3 heterocycles. The Labute approximate surface area is 74.0 Å². The molecule has 0 aromatic carbocycles. The van der Waals surface area contributed by atoms with Crippen LogP contribution in [0.25, 0.3) is 0 Å². The Morgan fingerprint density at radius 3 is 1.42 bits per heavy atom. The molecule has 3 aliphatic rings. The van der Waals surface area contributed by atoms with Crippen molar-refractivity contribution in [2.45, 2.75) is 25.9 Å². The van der Waals surface area contributed by atoms with Gasteiger partial charge in [0, 0.05) is 13.2 Å². The maximum atomic E-state index is 4.94. The summed E-state index contributed by atoms with van der Waals surface area (Å²) in [6, 6.07) is 0. The number of rotatable bonds is 0. The van der Waals surface area contributed by atoms with E-state index in [0.29, 0.717) is 6.10 Å². The quantitative estimate of drug-likeness (QED) is 0.518. The summed E-state index contributed by atoms with van der Waals surface area (Å²) in [6.45, 7) is 7.04. The maximum absolute atomic E-state index is 4.94. The molecule has 1 atom stereocenters. The van der Waals surface area contributed by atoms with E-state index in [2.05, 4.69) is 11.7 Å². The van der Waals surface area contributed by atoms with Crippen molar-refractivity contribution in [3.63, 3.8) is 0 Å². The SMILES string of the molecule is C1CCOC1.C1CO1.CC1CO1. The highest BCUT2D eigenvalue weighted by molar-refractivity contribution is 4.58. The van der Waals surface area contributed by atoms with Gasteiger partial charge in [-0.15, -0.1) is 0 Å². The van der Waals surface area contributed by atoms with Crippen LogP contribution >= 0.6 is 0 Å². The summed E-state index contributed by atoms with van der Waals surface area (Å²) < 4.78 is 14.2. The molecular formula is C9H18O3. The summed E-state index contributed by atoms with van der Waals surface area (Å²) in [5, 5.41) is 0. The zero-order valence-electron chi connectivity index (χ0n) is 7.75. The molecule has 0 bridgehead atoms. The third kappa shape index (κ3) is 9.88. The second kappa shape index (κ2) is 6.40. The smallest absolute Gasteiger partial charge is 0.0781 e. The second-order valence-electron chi connectivity index (χ2n) is 3.08. The Bertz CT molecular complexity index is 85.6. The number of hydrogen-bond donors (Lipinski definition) is 0. The normalized spacial score (nSPS) is 29.2. The molecule has 3 saturated heterocycles. The van der Waals surface area contributed by atoms with E-state index in [1.165, 1.54) is 12.8 Å². The Morgan fingerprint density at radius 1 is 0.917 bits per heavy atom. The first-order valence-electron chi connectivity index (χ1n) is 4.66. The molecule has 1 unspecified atom stereocenters. The van der Waals surface area contributed by atoms with Crippen molar-refractivity contribution in [1.82, 2.24) is 0 Å². The lowest BCUT2D eigenvalue weighted by atomic mass is 10.4. The first-order chi connectivity index (χ1) is 5.89. The van der Waals surface area contributed by atoms with Gasteiger partial charge in [0.2, 0.25) is 0 Å². The molecule has 0 aliphatic carbocycles. The summed E-state index contributed by atoms with van der Waals surface area (Å²) in [5.41, 5.74) is 0. The van der Waals surface area contributed by atoms with Crippen molar-refractivity contribution < 1.29 is 14.2 Å². The average molecular weight is 174 g/mol. The first kappa shape index (κ1) is 9.96. The molecule has 0 N–H and O–H groups in total. The molecule has 3 aliphatic heterocycles. The van der Waals surface area contributed by atoms with Crippen LogP contribution in [0.3, 0.4) is 0 Å². The van der Waals surface area contributed by atoms with Crippen molar-refractivity contribution in [2.24, 2.45) is 0 Å². The fraction of sp³-hybridized carbons (Fsp3) is 1.00. The lowest BCUT2D eigenvalue weighted by Crippen LogP contribution is -1.74. The van der Waals surface area contributed by atoms with Gasteiger partial charge in [0.25, 0.3) is 0 Å². The van der Waals surface area contributed by atoms with Crippen molar-refractivity contribution >= 4 is 0 Å². The van der Waals surface area contributed by atoms with Gasteiger partial charge >= 0.3 is 0 Å². The van der Waals surface area contributed by atoms with E-state index in [0.717, 1.165) is 33.0 Å². The largest absolute Gasteiger partial charge is 0.381 e.